The molecule has 2 aromatic carbocycles. The summed E-state index contributed by atoms with van der Waals surface area (Å²) in [7, 11) is 0. The number of aromatic nitrogens is 2. The van der Waals surface area contributed by atoms with Gasteiger partial charge in [0.2, 0.25) is 0 Å². The average molecular weight is 389 g/mol. The van der Waals surface area contributed by atoms with Crippen molar-refractivity contribution in [1.82, 2.24) is 9.78 Å². The maximum absolute atomic E-state index is 13.1. The Kier molecular flexibility index (Phi) is 4.91. The fraction of sp³-hybridized carbons (Fsp3) is 0.105. The van der Waals surface area contributed by atoms with Gasteiger partial charge in [-0.2, -0.15) is 23.0 Å². The molecule has 0 aliphatic heterocycles. The molecule has 2 N–H and O–H groups in total. The minimum absolute atomic E-state index is 0.342. The summed E-state index contributed by atoms with van der Waals surface area (Å²) >= 11 is 0. The number of alkyl halides is 3. The summed E-state index contributed by atoms with van der Waals surface area (Å²) in [6, 6.07) is 11.8. The van der Waals surface area contributed by atoms with E-state index in [4.69, 9.17) is 0 Å². The van der Waals surface area contributed by atoms with Gasteiger partial charge in [0, 0.05) is 6.07 Å². The van der Waals surface area contributed by atoms with E-state index < -0.39 is 40.3 Å². The molecule has 0 radical (unpaired) electrons. The molecule has 0 aliphatic rings. The van der Waals surface area contributed by atoms with Crippen molar-refractivity contribution in [2.75, 3.05) is 5.32 Å². The van der Waals surface area contributed by atoms with Crippen molar-refractivity contribution < 1.29 is 23.1 Å². The first-order valence-electron chi connectivity index (χ1n) is 8.05. The molecule has 0 saturated heterocycles. The normalized spacial score (nSPS) is 11.3. The van der Waals surface area contributed by atoms with E-state index in [0.717, 1.165) is 28.4 Å². The zero-order valence-corrected chi connectivity index (χ0v) is 14.5. The van der Waals surface area contributed by atoms with Crippen LogP contribution >= 0.6 is 0 Å². The van der Waals surface area contributed by atoms with E-state index >= 15 is 0 Å². The summed E-state index contributed by atoms with van der Waals surface area (Å²) in [6.45, 7) is 1.79. The number of aromatic hydroxyl groups is 1. The third-order valence-corrected chi connectivity index (χ3v) is 3.85. The van der Waals surface area contributed by atoms with Gasteiger partial charge in [0.15, 0.2) is 11.4 Å². The van der Waals surface area contributed by atoms with E-state index in [0.29, 0.717) is 5.69 Å². The number of carbonyl (C=O) groups excluding carboxylic acids is 1. The number of para-hydroxylation sites is 1. The van der Waals surface area contributed by atoms with E-state index in [9.17, 15) is 27.9 Å². The van der Waals surface area contributed by atoms with Crippen LogP contribution in [-0.2, 0) is 6.18 Å². The Morgan fingerprint density at radius 3 is 2.50 bits per heavy atom. The van der Waals surface area contributed by atoms with E-state index in [-0.39, 0.29) is 0 Å². The molecule has 0 aliphatic carbocycles. The molecule has 0 saturated carbocycles. The lowest BCUT2D eigenvalue weighted by molar-refractivity contribution is -0.136. The first kappa shape index (κ1) is 19.2. The van der Waals surface area contributed by atoms with Gasteiger partial charge in [-0.1, -0.05) is 24.3 Å². The number of carbonyl (C=O) groups is 1. The maximum atomic E-state index is 13.1. The summed E-state index contributed by atoms with van der Waals surface area (Å²) in [5.41, 5.74) is -1.66. The van der Waals surface area contributed by atoms with E-state index in [1.807, 2.05) is 0 Å². The molecule has 0 spiro atoms. The summed E-state index contributed by atoms with van der Waals surface area (Å²) in [5, 5.41) is 15.9. The molecule has 0 bridgehead atoms. The lowest BCUT2D eigenvalue weighted by Crippen LogP contribution is -2.25. The van der Waals surface area contributed by atoms with Gasteiger partial charge >= 0.3 is 6.18 Å². The van der Waals surface area contributed by atoms with Gasteiger partial charge in [-0.05, 0) is 36.8 Å². The number of hydrogen-bond donors (Lipinski definition) is 2. The number of anilines is 1. The van der Waals surface area contributed by atoms with Crippen molar-refractivity contribution in [3.8, 4) is 11.4 Å². The van der Waals surface area contributed by atoms with Crippen LogP contribution in [0.15, 0.2) is 59.4 Å². The van der Waals surface area contributed by atoms with Gasteiger partial charge in [0.05, 0.1) is 16.9 Å². The molecule has 1 heterocycles. The smallest absolute Gasteiger partial charge is 0.418 e. The van der Waals surface area contributed by atoms with Gasteiger partial charge in [-0.15, -0.1) is 0 Å². The minimum Gasteiger partial charge on any atom is -0.505 e. The molecule has 0 atom stereocenters. The number of aryl methyl sites for hydroxylation is 1. The second-order valence-corrected chi connectivity index (χ2v) is 5.96. The highest BCUT2D eigenvalue weighted by atomic mass is 19.4. The molecule has 28 heavy (non-hydrogen) atoms. The number of rotatable bonds is 3. The largest absolute Gasteiger partial charge is 0.505 e. The quantitative estimate of drug-likeness (QED) is 0.718. The summed E-state index contributed by atoms with van der Waals surface area (Å²) in [5.74, 6) is -1.83. The Bertz CT molecular complexity index is 1110. The highest BCUT2D eigenvalue weighted by Gasteiger charge is 2.34. The molecule has 3 rings (SSSR count). The van der Waals surface area contributed by atoms with Crippen molar-refractivity contribution in [3.63, 3.8) is 0 Å². The zero-order chi connectivity index (χ0) is 20.5. The Hall–Kier alpha value is -3.62. The van der Waals surface area contributed by atoms with E-state index in [1.165, 1.54) is 12.1 Å². The summed E-state index contributed by atoms with van der Waals surface area (Å²) in [6.07, 6.45) is -4.68. The van der Waals surface area contributed by atoms with Crippen LogP contribution in [0.1, 0.15) is 21.6 Å². The van der Waals surface area contributed by atoms with Crippen molar-refractivity contribution in [2.24, 2.45) is 0 Å². The molecular weight excluding hydrogens is 375 g/mol. The minimum atomic E-state index is -4.68. The van der Waals surface area contributed by atoms with Gasteiger partial charge in [0.25, 0.3) is 11.5 Å². The lowest BCUT2D eigenvalue weighted by Gasteiger charge is -2.14. The number of amides is 1. The summed E-state index contributed by atoms with van der Waals surface area (Å²) < 4.78 is 40.2. The maximum Gasteiger partial charge on any atom is 0.418 e. The second kappa shape index (κ2) is 7.18. The van der Waals surface area contributed by atoms with Crippen molar-refractivity contribution in [3.05, 3.63) is 81.8 Å². The van der Waals surface area contributed by atoms with Gasteiger partial charge in [-0.3, -0.25) is 9.59 Å². The number of nitrogens with one attached hydrogen (secondary N) is 1. The van der Waals surface area contributed by atoms with E-state index in [1.54, 1.807) is 31.2 Å². The third-order valence-electron chi connectivity index (χ3n) is 3.85. The van der Waals surface area contributed by atoms with Crippen LogP contribution in [0.4, 0.5) is 18.9 Å². The molecule has 1 amide bonds. The van der Waals surface area contributed by atoms with Crippen molar-refractivity contribution >= 4 is 11.6 Å². The Balaban J connectivity index is 2.02. The van der Waals surface area contributed by atoms with Gasteiger partial charge in [-0.25, -0.2) is 0 Å². The molecule has 144 valence electrons. The first-order valence-corrected chi connectivity index (χ1v) is 8.05. The van der Waals surface area contributed by atoms with Gasteiger partial charge in [0.1, 0.15) is 0 Å². The average Bonchev–Trinajstić information content (AvgIpc) is 2.61. The molecule has 0 fully saturated rings. The molecular formula is C19H14F3N3O3. The van der Waals surface area contributed by atoms with Crippen LogP contribution in [0.5, 0.6) is 5.75 Å². The fourth-order valence-electron chi connectivity index (χ4n) is 2.57. The fourth-order valence-corrected chi connectivity index (χ4v) is 2.57. The lowest BCUT2D eigenvalue weighted by atomic mass is 10.1. The third kappa shape index (κ3) is 3.88. The number of hydrogen-bond acceptors (Lipinski definition) is 4. The second-order valence-electron chi connectivity index (χ2n) is 5.96. The Labute approximate surface area is 156 Å². The number of benzene rings is 2. The van der Waals surface area contributed by atoms with Crippen LogP contribution in [0.3, 0.4) is 0 Å². The monoisotopic (exact) mass is 389 g/mol. The van der Waals surface area contributed by atoms with Crippen LogP contribution < -0.4 is 10.9 Å². The molecule has 6 nitrogen and oxygen atoms in total. The number of halogens is 3. The van der Waals surface area contributed by atoms with Crippen molar-refractivity contribution in [1.29, 1.82) is 0 Å². The molecule has 9 heteroatoms. The van der Waals surface area contributed by atoms with Crippen LogP contribution in [0, 0.1) is 6.92 Å². The highest BCUT2D eigenvalue weighted by molar-refractivity contribution is 6.04. The first-order chi connectivity index (χ1) is 13.2. The highest BCUT2D eigenvalue weighted by Crippen LogP contribution is 2.34. The van der Waals surface area contributed by atoms with Crippen LogP contribution in [0.25, 0.3) is 5.69 Å². The molecule has 0 unspecified atom stereocenters. The Morgan fingerprint density at radius 2 is 1.82 bits per heavy atom. The topological polar surface area (TPSA) is 84.2 Å². The van der Waals surface area contributed by atoms with Gasteiger partial charge < -0.3 is 10.4 Å². The predicted molar refractivity (Wildman–Crippen MR) is 95.6 cm³/mol. The SMILES string of the molecule is Cc1cccc(-n2nc(C(=O)Nc3ccccc3C(F)(F)F)c(O)cc2=O)c1. The standard InChI is InChI=1S/C19H14F3N3O3/c1-11-5-4-6-12(9-11)25-16(27)10-15(26)17(24-25)18(28)23-14-8-3-2-7-13(14)19(20,21)22/h2-10,26H,1H3,(H,23,28). The zero-order valence-electron chi connectivity index (χ0n) is 14.5. The molecule has 3 aromatic rings. The molecule has 1 aromatic heterocycles. The number of nitrogens with zero attached hydrogens (tertiary/aromatic N) is 2. The summed E-state index contributed by atoms with van der Waals surface area (Å²) in [4.78, 5) is 24.6. The van der Waals surface area contributed by atoms with Crippen molar-refractivity contribution in [2.45, 2.75) is 13.1 Å². The van der Waals surface area contributed by atoms with Crippen LogP contribution in [0.2, 0.25) is 0 Å². The Morgan fingerprint density at radius 1 is 1.11 bits per heavy atom. The van der Waals surface area contributed by atoms with Crippen LogP contribution in [-0.4, -0.2) is 20.8 Å². The van der Waals surface area contributed by atoms with E-state index in [2.05, 4.69) is 10.4 Å². The predicted octanol–water partition coefficient (Wildman–Crippen LogP) is 3.52.